The van der Waals surface area contributed by atoms with Gasteiger partial charge in [0.1, 0.15) is 0 Å². The van der Waals surface area contributed by atoms with E-state index in [9.17, 15) is 5.11 Å². The van der Waals surface area contributed by atoms with Crippen LogP contribution in [0.15, 0.2) is 35.3 Å². The second-order valence-electron chi connectivity index (χ2n) is 4.72. The maximum Gasteiger partial charge on any atom is 0.195 e. The average molecular weight is 249 g/mol. The average Bonchev–Trinajstić information content (AvgIpc) is 2.34. The predicted molar refractivity (Wildman–Crippen MR) is 75.9 cm³/mol. The van der Waals surface area contributed by atoms with E-state index in [0.717, 1.165) is 11.5 Å². The highest BCUT2D eigenvalue weighted by atomic mass is 16.3. The normalized spacial score (nSPS) is 11.8. The van der Waals surface area contributed by atoms with Crippen LogP contribution in [0.2, 0.25) is 0 Å². The monoisotopic (exact) mass is 249 g/mol. The van der Waals surface area contributed by atoms with Gasteiger partial charge in [0, 0.05) is 34.1 Å². The van der Waals surface area contributed by atoms with Gasteiger partial charge >= 0.3 is 0 Å². The molecular formula is C14H23N3O. The van der Waals surface area contributed by atoms with Gasteiger partial charge in [-0.1, -0.05) is 30.3 Å². The molecule has 0 saturated heterocycles. The van der Waals surface area contributed by atoms with Crippen molar-refractivity contribution < 1.29 is 5.11 Å². The fraction of sp³-hybridized carbons (Fsp3) is 0.500. The zero-order valence-corrected chi connectivity index (χ0v) is 11.7. The molecule has 1 atom stereocenters. The summed E-state index contributed by atoms with van der Waals surface area (Å²) in [6.07, 6.45) is 0. The Morgan fingerprint density at radius 1 is 1.11 bits per heavy atom. The molecule has 0 aliphatic rings. The Morgan fingerprint density at radius 3 is 2.11 bits per heavy atom. The summed E-state index contributed by atoms with van der Waals surface area (Å²) < 4.78 is 0. The van der Waals surface area contributed by atoms with Crippen molar-refractivity contribution in [3.63, 3.8) is 0 Å². The van der Waals surface area contributed by atoms with Crippen LogP contribution in [0, 0.1) is 0 Å². The van der Waals surface area contributed by atoms with E-state index in [-0.39, 0.29) is 12.5 Å². The Labute approximate surface area is 110 Å². The minimum Gasteiger partial charge on any atom is -0.396 e. The summed E-state index contributed by atoms with van der Waals surface area (Å²) in [4.78, 5) is 8.52. The summed E-state index contributed by atoms with van der Waals surface area (Å²) in [5.74, 6) is 0.963. The molecule has 0 aromatic heterocycles. The van der Waals surface area contributed by atoms with Crippen molar-refractivity contribution in [1.29, 1.82) is 0 Å². The van der Waals surface area contributed by atoms with Crippen molar-refractivity contribution in [3.05, 3.63) is 35.9 Å². The number of hydrogen-bond donors (Lipinski definition) is 1. The van der Waals surface area contributed by atoms with Gasteiger partial charge in [0.05, 0.1) is 13.2 Å². The van der Waals surface area contributed by atoms with E-state index < -0.39 is 0 Å². The third-order valence-corrected chi connectivity index (χ3v) is 2.74. The second-order valence-corrected chi connectivity index (χ2v) is 4.72. The van der Waals surface area contributed by atoms with Crippen LogP contribution in [0.1, 0.15) is 11.5 Å². The van der Waals surface area contributed by atoms with Gasteiger partial charge in [-0.25, -0.2) is 0 Å². The lowest BCUT2D eigenvalue weighted by molar-refractivity contribution is 0.267. The number of guanidine groups is 1. The molecule has 0 bridgehead atoms. The maximum atomic E-state index is 9.47. The fourth-order valence-corrected chi connectivity index (χ4v) is 1.87. The largest absolute Gasteiger partial charge is 0.396 e. The summed E-state index contributed by atoms with van der Waals surface area (Å²) >= 11 is 0. The van der Waals surface area contributed by atoms with Gasteiger partial charge < -0.3 is 14.9 Å². The molecule has 1 aromatic carbocycles. The zero-order chi connectivity index (χ0) is 13.5. The lowest BCUT2D eigenvalue weighted by Crippen LogP contribution is -2.35. The van der Waals surface area contributed by atoms with E-state index in [0.29, 0.717) is 6.54 Å². The molecule has 0 aliphatic heterocycles. The predicted octanol–water partition coefficient (Wildman–Crippen LogP) is 1.24. The number of hydrogen-bond acceptors (Lipinski definition) is 2. The highest BCUT2D eigenvalue weighted by Gasteiger charge is 2.11. The van der Waals surface area contributed by atoms with Crippen LogP contribution in [0.3, 0.4) is 0 Å². The standard InChI is InChI=1S/C14H23N3O/c1-16(2)14(17(3)4)15-10-13(11-18)12-8-6-5-7-9-12/h5-9,13,18H,10-11H2,1-4H3. The third-order valence-electron chi connectivity index (χ3n) is 2.74. The lowest BCUT2D eigenvalue weighted by atomic mass is 10.0. The highest BCUT2D eigenvalue weighted by Crippen LogP contribution is 2.15. The number of benzene rings is 1. The number of nitrogens with zero attached hydrogens (tertiary/aromatic N) is 3. The van der Waals surface area contributed by atoms with E-state index in [1.165, 1.54) is 0 Å². The first-order valence-electron chi connectivity index (χ1n) is 6.11. The number of aliphatic imine (C=N–C) groups is 1. The van der Waals surface area contributed by atoms with Gasteiger partial charge in [-0.05, 0) is 5.56 Å². The number of aliphatic hydroxyl groups excluding tert-OH is 1. The fourth-order valence-electron chi connectivity index (χ4n) is 1.87. The molecule has 1 rings (SSSR count). The molecular weight excluding hydrogens is 226 g/mol. The molecule has 0 amide bonds. The van der Waals surface area contributed by atoms with Crippen LogP contribution in [0.4, 0.5) is 0 Å². The first-order chi connectivity index (χ1) is 8.56. The summed E-state index contributed by atoms with van der Waals surface area (Å²) in [7, 11) is 7.87. The summed E-state index contributed by atoms with van der Waals surface area (Å²) in [6, 6.07) is 10.0. The summed E-state index contributed by atoms with van der Waals surface area (Å²) in [5, 5.41) is 9.47. The van der Waals surface area contributed by atoms with Gasteiger partial charge in [-0.3, -0.25) is 4.99 Å². The van der Waals surface area contributed by atoms with Crippen LogP contribution in [0.5, 0.6) is 0 Å². The van der Waals surface area contributed by atoms with Crippen LogP contribution < -0.4 is 0 Å². The molecule has 0 saturated carbocycles. The van der Waals surface area contributed by atoms with E-state index in [1.54, 1.807) is 0 Å². The van der Waals surface area contributed by atoms with Crippen molar-refractivity contribution in [2.24, 2.45) is 4.99 Å². The van der Waals surface area contributed by atoms with E-state index >= 15 is 0 Å². The Bertz CT molecular complexity index is 364. The molecule has 4 heteroatoms. The number of aliphatic hydroxyl groups is 1. The molecule has 0 aliphatic carbocycles. The van der Waals surface area contributed by atoms with Crippen molar-refractivity contribution in [3.8, 4) is 0 Å². The van der Waals surface area contributed by atoms with Gasteiger partial charge in [0.25, 0.3) is 0 Å². The molecule has 1 unspecified atom stereocenters. The molecule has 1 aromatic rings. The Kier molecular flexibility index (Phi) is 5.65. The van der Waals surface area contributed by atoms with Crippen LogP contribution in [-0.4, -0.2) is 62.2 Å². The van der Waals surface area contributed by atoms with Gasteiger partial charge in [-0.15, -0.1) is 0 Å². The van der Waals surface area contributed by atoms with Crippen molar-refractivity contribution in [1.82, 2.24) is 9.80 Å². The molecule has 0 spiro atoms. The zero-order valence-electron chi connectivity index (χ0n) is 11.7. The van der Waals surface area contributed by atoms with E-state index in [4.69, 9.17) is 0 Å². The summed E-state index contributed by atoms with van der Waals surface area (Å²) in [5.41, 5.74) is 1.13. The Hall–Kier alpha value is -1.55. The van der Waals surface area contributed by atoms with Gasteiger partial charge in [0.15, 0.2) is 5.96 Å². The minimum absolute atomic E-state index is 0.0566. The maximum absolute atomic E-state index is 9.47. The molecule has 0 radical (unpaired) electrons. The van der Waals surface area contributed by atoms with Crippen LogP contribution in [-0.2, 0) is 0 Å². The first kappa shape index (κ1) is 14.5. The molecule has 100 valence electrons. The molecule has 4 nitrogen and oxygen atoms in total. The van der Waals surface area contributed by atoms with Gasteiger partial charge in [0.2, 0.25) is 0 Å². The van der Waals surface area contributed by atoms with E-state index in [2.05, 4.69) is 4.99 Å². The highest BCUT2D eigenvalue weighted by molar-refractivity contribution is 5.79. The third kappa shape index (κ3) is 4.04. The number of rotatable bonds is 4. The van der Waals surface area contributed by atoms with Crippen LogP contribution >= 0.6 is 0 Å². The minimum atomic E-state index is 0.0566. The van der Waals surface area contributed by atoms with Gasteiger partial charge in [-0.2, -0.15) is 0 Å². The second kappa shape index (κ2) is 7.01. The topological polar surface area (TPSA) is 39.1 Å². The van der Waals surface area contributed by atoms with Crippen molar-refractivity contribution in [2.45, 2.75) is 5.92 Å². The molecule has 1 N–H and O–H groups in total. The van der Waals surface area contributed by atoms with E-state index in [1.807, 2.05) is 68.3 Å². The lowest BCUT2D eigenvalue weighted by Gasteiger charge is -2.23. The van der Waals surface area contributed by atoms with Crippen LogP contribution in [0.25, 0.3) is 0 Å². The Morgan fingerprint density at radius 2 is 1.67 bits per heavy atom. The molecule has 0 fully saturated rings. The molecule has 0 heterocycles. The molecule has 18 heavy (non-hydrogen) atoms. The smallest absolute Gasteiger partial charge is 0.195 e. The SMILES string of the molecule is CN(C)C(=NCC(CO)c1ccccc1)N(C)C. The quantitative estimate of drug-likeness (QED) is 0.644. The summed E-state index contributed by atoms with van der Waals surface area (Å²) in [6.45, 7) is 0.702. The first-order valence-corrected chi connectivity index (χ1v) is 6.11. The Balaban J connectivity index is 2.78. The van der Waals surface area contributed by atoms with Crippen molar-refractivity contribution >= 4 is 5.96 Å². The van der Waals surface area contributed by atoms with Crippen molar-refractivity contribution in [2.75, 3.05) is 41.3 Å².